The normalized spacial score (nSPS) is 15.2. The molecule has 2 aliphatic rings. The highest BCUT2D eigenvalue weighted by Gasteiger charge is 2.45. The Kier molecular flexibility index (Phi) is 5.45. The molecule has 0 fully saturated rings. The molecule has 0 atom stereocenters. The third-order valence-corrected chi connectivity index (χ3v) is 8.99. The molecule has 0 radical (unpaired) electrons. The SMILES string of the molecule is OC1(c2ccccc2/C=C\c2ccccc2C2(O)c3ccccc3-c3ccccc32)c2ccccc2-c2ccccc21. The molecule has 2 aliphatic carbocycles. The molecule has 0 amide bonds. The van der Waals surface area contributed by atoms with Crippen LogP contribution in [-0.2, 0) is 11.2 Å². The highest BCUT2D eigenvalue weighted by molar-refractivity contribution is 5.86. The van der Waals surface area contributed by atoms with Crippen molar-refractivity contribution in [1.82, 2.24) is 0 Å². The molecule has 0 aliphatic heterocycles. The van der Waals surface area contributed by atoms with Crippen molar-refractivity contribution in [2.45, 2.75) is 11.2 Å². The highest BCUT2D eigenvalue weighted by atomic mass is 16.3. The van der Waals surface area contributed by atoms with Gasteiger partial charge in [-0.15, -0.1) is 0 Å². The lowest BCUT2D eigenvalue weighted by molar-refractivity contribution is 0.130. The van der Waals surface area contributed by atoms with E-state index in [-0.39, 0.29) is 0 Å². The summed E-state index contributed by atoms with van der Waals surface area (Å²) >= 11 is 0. The molecule has 0 aromatic heterocycles. The molecule has 0 heterocycles. The maximum atomic E-state index is 12.6. The molecule has 0 unspecified atom stereocenters. The molecule has 6 aromatic carbocycles. The van der Waals surface area contributed by atoms with E-state index in [0.29, 0.717) is 0 Å². The molecule has 0 bridgehead atoms. The van der Waals surface area contributed by atoms with Gasteiger partial charge in [-0.2, -0.15) is 0 Å². The fourth-order valence-corrected chi connectivity index (χ4v) is 7.13. The molecule has 200 valence electrons. The Morgan fingerprint density at radius 2 is 0.548 bits per heavy atom. The summed E-state index contributed by atoms with van der Waals surface area (Å²) in [5.41, 5.74) is 8.70. The van der Waals surface area contributed by atoms with E-state index in [1.54, 1.807) is 0 Å². The van der Waals surface area contributed by atoms with E-state index in [9.17, 15) is 10.2 Å². The summed E-state index contributed by atoms with van der Waals surface area (Å²) in [6.07, 6.45) is 4.12. The van der Waals surface area contributed by atoms with E-state index >= 15 is 0 Å². The van der Waals surface area contributed by atoms with Crippen LogP contribution in [0.5, 0.6) is 0 Å². The summed E-state index contributed by atoms with van der Waals surface area (Å²) in [5, 5.41) is 25.1. The van der Waals surface area contributed by atoms with E-state index in [0.717, 1.165) is 66.8 Å². The average Bonchev–Trinajstić information content (AvgIpc) is 3.48. The van der Waals surface area contributed by atoms with Gasteiger partial charge >= 0.3 is 0 Å². The summed E-state index contributed by atoms with van der Waals surface area (Å²) < 4.78 is 0. The summed E-state index contributed by atoms with van der Waals surface area (Å²) in [6, 6.07) is 48.6. The molecule has 2 heteroatoms. The van der Waals surface area contributed by atoms with Crippen LogP contribution in [0.25, 0.3) is 34.4 Å². The summed E-state index contributed by atoms with van der Waals surface area (Å²) in [4.78, 5) is 0. The van der Waals surface area contributed by atoms with Crippen molar-refractivity contribution in [2.75, 3.05) is 0 Å². The zero-order valence-electron chi connectivity index (χ0n) is 22.9. The van der Waals surface area contributed by atoms with Crippen LogP contribution in [0.1, 0.15) is 44.5 Å². The van der Waals surface area contributed by atoms with Gasteiger partial charge < -0.3 is 10.2 Å². The quantitative estimate of drug-likeness (QED) is 0.221. The fourth-order valence-electron chi connectivity index (χ4n) is 7.13. The second-order valence-electron chi connectivity index (χ2n) is 11.1. The Labute approximate surface area is 245 Å². The molecule has 2 N–H and O–H groups in total. The summed E-state index contributed by atoms with van der Waals surface area (Å²) in [6.45, 7) is 0. The minimum Gasteiger partial charge on any atom is -0.376 e. The van der Waals surface area contributed by atoms with Crippen LogP contribution in [0.15, 0.2) is 146 Å². The molecule has 0 saturated heterocycles. The van der Waals surface area contributed by atoms with Crippen LogP contribution in [-0.4, -0.2) is 10.2 Å². The standard InChI is InChI=1S/C40H28O2/c41-39(35-21-9-3-15-29(35)30-16-4-10-22-36(30)39)33-19-7-1-13-27(33)25-26-28-14-2-8-20-34(28)40(42)37-23-11-5-17-31(37)32-18-6-12-24-38(32)40/h1-26,41-42H/b26-25-. The zero-order valence-corrected chi connectivity index (χ0v) is 22.9. The Bertz CT molecular complexity index is 1790. The summed E-state index contributed by atoms with van der Waals surface area (Å²) in [5.74, 6) is 0. The van der Waals surface area contributed by atoms with Gasteiger partial charge in [-0.05, 0) is 44.5 Å². The largest absolute Gasteiger partial charge is 0.376 e. The topological polar surface area (TPSA) is 40.5 Å². The number of benzene rings is 6. The third kappa shape index (κ3) is 3.34. The lowest BCUT2D eigenvalue weighted by Crippen LogP contribution is -2.27. The number of rotatable bonds is 4. The van der Waals surface area contributed by atoms with Gasteiger partial charge in [0.1, 0.15) is 11.2 Å². The number of hydrogen-bond donors (Lipinski definition) is 2. The van der Waals surface area contributed by atoms with Crippen molar-refractivity contribution in [1.29, 1.82) is 0 Å². The van der Waals surface area contributed by atoms with Gasteiger partial charge in [0.25, 0.3) is 0 Å². The van der Waals surface area contributed by atoms with Crippen LogP contribution in [0.2, 0.25) is 0 Å². The third-order valence-electron chi connectivity index (χ3n) is 8.99. The Hall–Kier alpha value is -5.02. The van der Waals surface area contributed by atoms with Gasteiger partial charge in [0.2, 0.25) is 0 Å². The Morgan fingerprint density at radius 3 is 0.857 bits per heavy atom. The van der Waals surface area contributed by atoms with Crippen LogP contribution >= 0.6 is 0 Å². The molecular formula is C40H28O2. The van der Waals surface area contributed by atoms with E-state index < -0.39 is 11.2 Å². The monoisotopic (exact) mass is 540 g/mol. The van der Waals surface area contributed by atoms with E-state index in [2.05, 4.69) is 36.4 Å². The van der Waals surface area contributed by atoms with Crippen LogP contribution in [0.3, 0.4) is 0 Å². The van der Waals surface area contributed by atoms with Crippen LogP contribution < -0.4 is 0 Å². The first kappa shape index (κ1) is 24.8. The van der Waals surface area contributed by atoms with Crippen molar-refractivity contribution in [3.63, 3.8) is 0 Å². The molecule has 0 spiro atoms. The minimum absolute atomic E-state index is 0.825. The molecule has 6 aromatic rings. The first-order valence-electron chi connectivity index (χ1n) is 14.3. The van der Waals surface area contributed by atoms with Crippen molar-refractivity contribution in [2.24, 2.45) is 0 Å². The highest BCUT2D eigenvalue weighted by Crippen LogP contribution is 2.53. The summed E-state index contributed by atoms with van der Waals surface area (Å²) in [7, 11) is 0. The second-order valence-corrected chi connectivity index (χ2v) is 11.1. The number of hydrogen-bond acceptors (Lipinski definition) is 2. The number of fused-ring (bicyclic) bond motifs is 6. The maximum Gasteiger partial charge on any atom is 0.142 e. The lowest BCUT2D eigenvalue weighted by atomic mass is 9.80. The van der Waals surface area contributed by atoms with Gasteiger partial charge in [0.15, 0.2) is 0 Å². The first-order chi connectivity index (χ1) is 20.6. The van der Waals surface area contributed by atoms with Gasteiger partial charge in [0, 0.05) is 22.3 Å². The lowest BCUT2D eigenvalue weighted by Gasteiger charge is -2.29. The van der Waals surface area contributed by atoms with Crippen molar-refractivity contribution in [3.8, 4) is 22.3 Å². The van der Waals surface area contributed by atoms with E-state index in [4.69, 9.17) is 0 Å². The maximum absolute atomic E-state index is 12.6. The average molecular weight is 541 g/mol. The Balaban J connectivity index is 1.28. The van der Waals surface area contributed by atoms with Crippen LogP contribution in [0.4, 0.5) is 0 Å². The van der Waals surface area contributed by atoms with Gasteiger partial charge in [-0.1, -0.05) is 158 Å². The zero-order chi connectivity index (χ0) is 28.3. The van der Waals surface area contributed by atoms with Crippen molar-refractivity contribution >= 4 is 12.2 Å². The fraction of sp³-hybridized carbons (Fsp3) is 0.0500. The molecule has 0 saturated carbocycles. The molecule has 2 nitrogen and oxygen atoms in total. The van der Waals surface area contributed by atoms with Gasteiger partial charge in [-0.25, -0.2) is 0 Å². The molecule has 42 heavy (non-hydrogen) atoms. The van der Waals surface area contributed by atoms with Crippen molar-refractivity contribution < 1.29 is 10.2 Å². The van der Waals surface area contributed by atoms with E-state index in [1.807, 2.05) is 121 Å². The van der Waals surface area contributed by atoms with Crippen LogP contribution in [0, 0.1) is 0 Å². The molecular weight excluding hydrogens is 512 g/mol. The minimum atomic E-state index is -1.28. The van der Waals surface area contributed by atoms with Crippen molar-refractivity contribution in [3.05, 3.63) is 190 Å². The predicted molar refractivity (Wildman–Crippen MR) is 170 cm³/mol. The van der Waals surface area contributed by atoms with Gasteiger partial charge in [0.05, 0.1) is 0 Å². The predicted octanol–water partition coefficient (Wildman–Crippen LogP) is 8.39. The smallest absolute Gasteiger partial charge is 0.142 e. The second kappa shape index (κ2) is 9.25. The Morgan fingerprint density at radius 1 is 0.310 bits per heavy atom. The van der Waals surface area contributed by atoms with E-state index in [1.165, 1.54) is 0 Å². The van der Waals surface area contributed by atoms with Gasteiger partial charge in [-0.3, -0.25) is 0 Å². The molecule has 8 rings (SSSR count). The number of aliphatic hydroxyl groups is 2. The first-order valence-corrected chi connectivity index (χ1v) is 14.3.